The number of aryl methyl sites for hydroxylation is 1. The van der Waals surface area contributed by atoms with Crippen LogP contribution >= 0.6 is 0 Å². The third kappa shape index (κ3) is 3.84. The van der Waals surface area contributed by atoms with Gasteiger partial charge in [-0.25, -0.2) is 9.48 Å². The molecule has 6 nitrogen and oxygen atoms in total. The first kappa shape index (κ1) is 18.3. The number of nitrogens with one attached hydrogen (secondary N) is 1. The number of hydrogen-bond donors (Lipinski definition) is 1. The van der Waals surface area contributed by atoms with Crippen molar-refractivity contribution >= 4 is 11.7 Å². The van der Waals surface area contributed by atoms with Gasteiger partial charge in [-0.15, -0.1) is 0 Å². The summed E-state index contributed by atoms with van der Waals surface area (Å²) < 4.78 is 2.00. The van der Waals surface area contributed by atoms with E-state index in [4.69, 9.17) is 5.10 Å². The number of aromatic nitrogens is 2. The van der Waals surface area contributed by atoms with Crippen LogP contribution in [0.4, 0.5) is 10.5 Å². The molecule has 0 unspecified atom stereocenters. The van der Waals surface area contributed by atoms with Gasteiger partial charge < -0.3 is 15.1 Å². The molecule has 1 N–H and O–H groups in total. The second-order valence-corrected chi connectivity index (χ2v) is 7.92. The average molecular weight is 355 g/mol. The van der Waals surface area contributed by atoms with E-state index in [0.29, 0.717) is 0 Å². The van der Waals surface area contributed by atoms with Crippen molar-refractivity contribution < 1.29 is 4.79 Å². The fourth-order valence-corrected chi connectivity index (χ4v) is 3.45. The van der Waals surface area contributed by atoms with Gasteiger partial charge in [0.1, 0.15) is 0 Å². The molecular weight excluding hydrogens is 326 g/mol. The van der Waals surface area contributed by atoms with Crippen LogP contribution in [0.5, 0.6) is 0 Å². The highest BCUT2D eigenvalue weighted by Crippen LogP contribution is 2.27. The van der Waals surface area contributed by atoms with Crippen LogP contribution in [0, 0.1) is 13.8 Å². The summed E-state index contributed by atoms with van der Waals surface area (Å²) in [5.74, 6) is 0. The van der Waals surface area contributed by atoms with Gasteiger partial charge in [0.25, 0.3) is 0 Å². The van der Waals surface area contributed by atoms with Crippen LogP contribution in [0.3, 0.4) is 0 Å². The van der Waals surface area contributed by atoms with Gasteiger partial charge in [0.05, 0.1) is 22.8 Å². The number of para-hydroxylation sites is 1. The number of hydrogen-bond acceptors (Lipinski definition) is 3. The summed E-state index contributed by atoms with van der Waals surface area (Å²) in [4.78, 5) is 16.6. The summed E-state index contributed by atoms with van der Waals surface area (Å²) >= 11 is 0. The SMILES string of the molecule is Cc1nn(-c2ccccc2)c(C)c1N1CCN(C(=O)NC(C)(C)C)CC1. The van der Waals surface area contributed by atoms with E-state index in [1.807, 2.05) is 48.6 Å². The molecule has 140 valence electrons. The van der Waals surface area contributed by atoms with E-state index < -0.39 is 0 Å². The maximum Gasteiger partial charge on any atom is 0.317 e. The van der Waals surface area contributed by atoms with E-state index in [1.54, 1.807) is 0 Å². The Morgan fingerprint density at radius 2 is 1.65 bits per heavy atom. The number of rotatable bonds is 2. The number of piperazine rings is 1. The second-order valence-electron chi connectivity index (χ2n) is 7.92. The summed E-state index contributed by atoms with van der Waals surface area (Å²) in [5, 5.41) is 7.78. The number of carbonyl (C=O) groups excluding carboxylic acids is 1. The highest BCUT2D eigenvalue weighted by Gasteiger charge is 2.27. The zero-order valence-corrected chi connectivity index (χ0v) is 16.4. The van der Waals surface area contributed by atoms with E-state index in [0.717, 1.165) is 43.3 Å². The molecule has 0 spiro atoms. The molecule has 1 aliphatic rings. The van der Waals surface area contributed by atoms with E-state index >= 15 is 0 Å². The Kier molecular flexibility index (Phi) is 4.94. The smallest absolute Gasteiger partial charge is 0.317 e. The van der Waals surface area contributed by atoms with Gasteiger partial charge in [0.2, 0.25) is 0 Å². The molecule has 2 amide bonds. The van der Waals surface area contributed by atoms with Gasteiger partial charge in [-0.2, -0.15) is 5.10 Å². The van der Waals surface area contributed by atoms with Gasteiger partial charge in [0.15, 0.2) is 0 Å². The maximum atomic E-state index is 12.4. The predicted molar refractivity (Wildman–Crippen MR) is 105 cm³/mol. The molecular formula is C20H29N5O. The van der Waals surface area contributed by atoms with Gasteiger partial charge in [0, 0.05) is 31.7 Å². The lowest BCUT2D eigenvalue weighted by Gasteiger charge is -2.37. The van der Waals surface area contributed by atoms with Crippen molar-refractivity contribution in [1.29, 1.82) is 0 Å². The highest BCUT2D eigenvalue weighted by atomic mass is 16.2. The summed E-state index contributed by atoms with van der Waals surface area (Å²) in [6.45, 7) is 13.3. The summed E-state index contributed by atoms with van der Waals surface area (Å²) in [5.41, 5.74) is 4.21. The summed E-state index contributed by atoms with van der Waals surface area (Å²) in [7, 11) is 0. The van der Waals surface area contributed by atoms with Crippen molar-refractivity contribution in [3.63, 3.8) is 0 Å². The maximum absolute atomic E-state index is 12.4. The first-order chi connectivity index (χ1) is 12.3. The standard InChI is InChI=1S/C20H29N5O/c1-15-18(16(2)25(22-15)17-9-7-6-8-10-17)23-11-13-24(14-12-23)19(26)21-20(3,4)5/h6-10H,11-14H2,1-5H3,(H,21,26). The van der Waals surface area contributed by atoms with E-state index in [1.165, 1.54) is 5.69 Å². The molecule has 0 saturated carbocycles. The molecule has 1 aliphatic heterocycles. The van der Waals surface area contributed by atoms with Crippen molar-refractivity contribution in [2.24, 2.45) is 0 Å². The molecule has 0 bridgehead atoms. The molecule has 2 heterocycles. The molecule has 1 aromatic heterocycles. The Morgan fingerprint density at radius 1 is 1.04 bits per heavy atom. The second kappa shape index (κ2) is 7.02. The van der Waals surface area contributed by atoms with Gasteiger partial charge in [-0.05, 0) is 46.8 Å². The largest absolute Gasteiger partial charge is 0.365 e. The quantitative estimate of drug-likeness (QED) is 0.900. The normalized spacial score (nSPS) is 15.3. The van der Waals surface area contributed by atoms with Crippen LogP contribution in [-0.4, -0.2) is 52.4 Å². The molecule has 2 aromatic rings. The Hall–Kier alpha value is -2.50. The first-order valence-corrected chi connectivity index (χ1v) is 9.20. The molecule has 26 heavy (non-hydrogen) atoms. The number of carbonyl (C=O) groups is 1. The predicted octanol–water partition coefficient (Wildman–Crippen LogP) is 3.12. The van der Waals surface area contributed by atoms with Crippen molar-refractivity contribution in [3.05, 3.63) is 41.7 Å². The molecule has 1 fully saturated rings. The van der Waals surface area contributed by atoms with Crippen molar-refractivity contribution in [3.8, 4) is 5.69 Å². The molecule has 0 aliphatic carbocycles. The number of amides is 2. The van der Waals surface area contributed by atoms with E-state index in [9.17, 15) is 4.79 Å². The third-order valence-electron chi connectivity index (χ3n) is 4.62. The average Bonchev–Trinajstić information content (AvgIpc) is 2.89. The van der Waals surface area contributed by atoms with Crippen LogP contribution in [0.2, 0.25) is 0 Å². The zero-order valence-electron chi connectivity index (χ0n) is 16.4. The third-order valence-corrected chi connectivity index (χ3v) is 4.62. The van der Waals surface area contributed by atoms with E-state index in [2.05, 4.69) is 36.2 Å². The Bertz CT molecular complexity index is 767. The summed E-state index contributed by atoms with van der Waals surface area (Å²) in [6.07, 6.45) is 0. The van der Waals surface area contributed by atoms with Crippen LogP contribution in [-0.2, 0) is 0 Å². The zero-order chi connectivity index (χ0) is 18.9. The minimum Gasteiger partial charge on any atom is -0.365 e. The lowest BCUT2D eigenvalue weighted by molar-refractivity contribution is 0.185. The molecule has 1 saturated heterocycles. The fraction of sp³-hybridized carbons (Fsp3) is 0.500. The fourth-order valence-electron chi connectivity index (χ4n) is 3.45. The lowest BCUT2D eigenvalue weighted by atomic mass is 10.1. The van der Waals surface area contributed by atoms with Gasteiger partial charge in [-0.1, -0.05) is 18.2 Å². The van der Waals surface area contributed by atoms with Crippen LogP contribution in [0.25, 0.3) is 5.69 Å². The molecule has 6 heteroatoms. The van der Waals surface area contributed by atoms with Crippen LogP contribution in [0.1, 0.15) is 32.2 Å². The van der Waals surface area contributed by atoms with Crippen LogP contribution in [0.15, 0.2) is 30.3 Å². The lowest BCUT2D eigenvalue weighted by Crippen LogP contribution is -2.55. The Labute approximate surface area is 155 Å². The number of benzene rings is 1. The topological polar surface area (TPSA) is 53.4 Å². The molecule has 1 aromatic carbocycles. The first-order valence-electron chi connectivity index (χ1n) is 9.20. The minimum atomic E-state index is -0.210. The highest BCUT2D eigenvalue weighted by molar-refractivity contribution is 5.75. The molecule has 0 atom stereocenters. The van der Waals surface area contributed by atoms with Crippen molar-refractivity contribution in [2.45, 2.75) is 40.2 Å². The van der Waals surface area contributed by atoms with Crippen LogP contribution < -0.4 is 10.2 Å². The molecule has 3 rings (SSSR count). The Morgan fingerprint density at radius 3 is 2.23 bits per heavy atom. The Balaban J connectivity index is 1.72. The number of urea groups is 1. The minimum absolute atomic E-state index is 0.0191. The van der Waals surface area contributed by atoms with Crippen molar-refractivity contribution in [1.82, 2.24) is 20.0 Å². The molecule has 0 radical (unpaired) electrons. The number of nitrogens with zero attached hydrogens (tertiary/aromatic N) is 4. The number of anilines is 1. The van der Waals surface area contributed by atoms with E-state index in [-0.39, 0.29) is 11.6 Å². The monoisotopic (exact) mass is 355 g/mol. The van der Waals surface area contributed by atoms with Gasteiger partial charge >= 0.3 is 6.03 Å². The van der Waals surface area contributed by atoms with Gasteiger partial charge in [-0.3, -0.25) is 0 Å². The van der Waals surface area contributed by atoms with Crippen molar-refractivity contribution in [2.75, 3.05) is 31.1 Å². The summed E-state index contributed by atoms with van der Waals surface area (Å²) in [6, 6.07) is 10.2.